The molecule has 0 radical (unpaired) electrons. The summed E-state index contributed by atoms with van der Waals surface area (Å²) in [6.07, 6.45) is 0.0632. The molecule has 3 aromatic rings. The number of benzene rings is 3. The van der Waals surface area contributed by atoms with Gasteiger partial charge in [0.1, 0.15) is 11.6 Å². The van der Waals surface area contributed by atoms with Gasteiger partial charge in [-0.2, -0.15) is 0 Å². The Bertz CT molecular complexity index is 1330. The van der Waals surface area contributed by atoms with Crippen molar-refractivity contribution in [3.8, 4) is 11.1 Å². The van der Waals surface area contributed by atoms with E-state index in [1.165, 1.54) is 7.11 Å². The highest BCUT2D eigenvalue weighted by Gasteiger charge is 2.32. The van der Waals surface area contributed by atoms with E-state index in [0.717, 1.165) is 33.5 Å². The molecular weight excluding hydrogens is 494 g/mol. The number of rotatable bonds is 6. The van der Waals surface area contributed by atoms with E-state index in [4.69, 9.17) is 4.74 Å². The molecule has 2 N–H and O–H groups in total. The average molecular weight is 530 g/mol. The molecule has 1 aliphatic heterocycles. The SMILES string of the molecule is COC(=O)NCc1ccccc1-c1ccc(CN2C(=O)[C@H](NC(=O)OC(C)(C)C)CCc3ccccc32)cc1. The van der Waals surface area contributed by atoms with Gasteiger partial charge in [0.2, 0.25) is 5.91 Å². The van der Waals surface area contributed by atoms with Gasteiger partial charge in [0.25, 0.3) is 0 Å². The smallest absolute Gasteiger partial charge is 0.408 e. The van der Waals surface area contributed by atoms with E-state index in [-0.39, 0.29) is 5.91 Å². The molecule has 0 unspecified atom stereocenters. The summed E-state index contributed by atoms with van der Waals surface area (Å²) in [5, 5.41) is 5.52. The number of carbonyl (C=O) groups is 3. The third kappa shape index (κ3) is 7.16. The predicted molar refractivity (Wildman–Crippen MR) is 150 cm³/mol. The summed E-state index contributed by atoms with van der Waals surface area (Å²) in [7, 11) is 1.34. The fourth-order valence-electron chi connectivity index (χ4n) is 4.63. The van der Waals surface area contributed by atoms with Gasteiger partial charge >= 0.3 is 12.2 Å². The van der Waals surface area contributed by atoms with Crippen LogP contribution in [0.3, 0.4) is 0 Å². The van der Waals surface area contributed by atoms with Gasteiger partial charge in [-0.15, -0.1) is 0 Å². The van der Waals surface area contributed by atoms with Crippen molar-refractivity contribution >= 4 is 23.8 Å². The monoisotopic (exact) mass is 529 g/mol. The zero-order valence-electron chi connectivity index (χ0n) is 22.8. The van der Waals surface area contributed by atoms with Crippen LogP contribution in [-0.2, 0) is 33.8 Å². The Labute approximate surface area is 229 Å². The maximum absolute atomic E-state index is 13.7. The van der Waals surface area contributed by atoms with Crippen molar-refractivity contribution in [3.05, 3.63) is 89.5 Å². The van der Waals surface area contributed by atoms with Gasteiger partial charge in [-0.1, -0.05) is 66.7 Å². The normalized spacial score (nSPS) is 15.1. The highest BCUT2D eigenvalue weighted by atomic mass is 16.6. The van der Waals surface area contributed by atoms with Crippen molar-refractivity contribution in [2.75, 3.05) is 12.0 Å². The molecular formula is C31H35N3O5. The number of nitrogens with zero attached hydrogens (tertiary/aromatic N) is 1. The topological polar surface area (TPSA) is 97.0 Å². The largest absolute Gasteiger partial charge is 0.453 e. The molecule has 1 aliphatic rings. The van der Waals surface area contributed by atoms with Crippen LogP contribution in [0.2, 0.25) is 0 Å². The van der Waals surface area contributed by atoms with Gasteiger partial charge in [-0.05, 0) is 67.5 Å². The van der Waals surface area contributed by atoms with Crippen LogP contribution in [0.1, 0.15) is 43.9 Å². The van der Waals surface area contributed by atoms with Crippen molar-refractivity contribution < 1.29 is 23.9 Å². The summed E-state index contributed by atoms with van der Waals surface area (Å²) < 4.78 is 10.1. The first-order chi connectivity index (χ1) is 18.6. The maximum atomic E-state index is 13.7. The molecule has 0 fully saturated rings. The van der Waals surface area contributed by atoms with Crippen LogP contribution in [0.25, 0.3) is 11.1 Å². The first kappa shape index (κ1) is 27.7. The number of ether oxygens (including phenoxy) is 2. The highest BCUT2D eigenvalue weighted by Crippen LogP contribution is 2.30. The number of hydrogen-bond donors (Lipinski definition) is 2. The minimum absolute atomic E-state index is 0.172. The number of hydrogen-bond acceptors (Lipinski definition) is 5. The molecule has 0 saturated carbocycles. The van der Waals surface area contributed by atoms with Gasteiger partial charge in [-0.25, -0.2) is 9.59 Å². The number of aryl methyl sites for hydroxylation is 1. The summed E-state index contributed by atoms with van der Waals surface area (Å²) >= 11 is 0. The van der Waals surface area contributed by atoms with Crippen LogP contribution in [0.15, 0.2) is 72.8 Å². The first-order valence-corrected chi connectivity index (χ1v) is 13.0. The molecule has 0 saturated heterocycles. The van der Waals surface area contributed by atoms with Crippen molar-refractivity contribution in [1.82, 2.24) is 10.6 Å². The first-order valence-electron chi connectivity index (χ1n) is 13.0. The molecule has 4 rings (SSSR count). The van der Waals surface area contributed by atoms with Gasteiger partial charge in [0.15, 0.2) is 0 Å². The minimum Gasteiger partial charge on any atom is -0.453 e. The molecule has 204 valence electrons. The number of amides is 3. The van der Waals surface area contributed by atoms with Crippen molar-refractivity contribution in [2.24, 2.45) is 0 Å². The van der Waals surface area contributed by atoms with Gasteiger partial charge in [-0.3, -0.25) is 4.79 Å². The predicted octanol–water partition coefficient (Wildman–Crippen LogP) is 5.58. The number of nitrogens with one attached hydrogen (secondary N) is 2. The molecule has 0 spiro atoms. The fourth-order valence-corrected chi connectivity index (χ4v) is 4.63. The van der Waals surface area contributed by atoms with Crippen LogP contribution < -0.4 is 15.5 Å². The molecule has 8 nitrogen and oxygen atoms in total. The van der Waals surface area contributed by atoms with Crippen LogP contribution in [0.5, 0.6) is 0 Å². The Morgan fingerprint density at radius 1 is 0.949 bits per heavy atom. The summed E-state index contributed by atoms with van der Waals surface area (Å²) in [4.78, 5) is 39.5. The van der Waals surface area contributed by atoms with E-state index in [1.54, 1.807) is 25.7 Å². The standard InChI is InChI=1S/C31H35N3O5/c1-31(2,3)39-30(37)33-26-18-17-23-9-6-8-12-27(23)34(28(26)35)20-21-13-15-22(16-14-21)25-11-7-5-10-24(25)19-32-29(36)38-4/h5-16,26H,17-20H2,1-4H3,(H,32,36)(H,33,37)/t26-/m1/s1. The lowest BCUT2D eigenvalue weighted by molar-refractivity contribution is -0.120. The number of alkyl carbamates (subject to hydrolysis) is 2. The second-order valence-corrected chi connectivity index (χ2v) is 10.5. The third-order valence-corrected chi connectivity index (χ3v) is 6.47. The van der Waals surface area contributed by atoms with Crippen LogP contribution in [0, 0.1) is 0 Å². The molecule has 3 amide bonds. The zero-order valence-corrected chi connectivity index (χ0v) is 22.8. The Hall–Kier alpha value is -4.33. The molecule has 0 aliphatic carbocycles. The van der Waals surface area contributed by atoms with Gasteiger partial charge in [0.05, 0.1) is 13.7 Å². The lowest BCUT2D eigenvalue weighted by atomic mass is 9.98. The Morgan fingerprint density at radius 3 is 2.36 bits per heavy atom. The summed E-state index contributed by atoms with van der Waals surface area (Å²) in [6, 6.07) is 23.0. The highest BCUT2D eigenvalue weighted by molar-refractivity contribution is 6.00. The van der Waals surface area contributed by atoms with E-state index >= 15 is 0 Å². The van der Waals surface area contributed by atoms with Crippen molar-refractivity contribution in [1.29, 1.82) is 0 Å². The maximum Gasteiger partial charge on any atom is 0.408 e. The van der Waals surface area contributed by atoms with Crippen LogP contribution >= 0.6 is 0 Å². The van der Waals surface area contributed by atoms with Crippen molar-refractivity contribution in [2.45, 2.75) is 58.3 Å². The summed E-state index contributed by atoms with van der Waals surface area (Å²) in [5.41, 5.74) is 5.15. The van der Waals surface area contributed by atoms with E-state index in [1.807, 2.05) is 72.8 Å². The quantitative estimate of drug-likeness (QED) is 0.434. The number of fused-ring (bicyclic) bond motifs is 1. The molecule has 0 aromatic heterocycles. The Balaban J connectivity index is 1.55. The molecule has 1 heterocycles. The zero-order chi connectivity index (χ0) is 28.0. The van der Waals surface area contributed by atoms with E-state index in [0.29, 0.717) is 25.9 Å². The van der Waals surface area contributed by atoms with Crippen molar-refractivity contribution in [3.63, 3.8) is 0 Å². The lowest BCUT2D eigenvalue weighted by Crippen LogP contribution is -2.49. The van der Waals surface area contributed by atoms with Crippen LogP contribution in [-0.4, -0.2) is 36.8 Å². The van der Waals surface area contributed by atoms with Gasteiger partial charge in [0, 0.05) is 12.2 Å². The second kappa shape index (κ2) is 12.0. The Kier molecular flexibility index (Phi) is 8.54. The number of anilines is 1. The molecule has 3 aromatic carbocycles. The molecule has 8 heteroatoms. The summed E-state index contributed by atoms with van der Waals surface area (Å²) in [5.74, 6) is -0.172. The van der Waals surface area contributed by atoms with E-state index < -0.39 is 23.8 Å². The number of methoxy groups -OCH3 is 1. The Morgan fingerprint density at radius 2 is 1.64 bits per heavy atom. The fraction of sp³-hybridized carbons (Fsp3) is 0.323. The molecule has 0 bridgehead atoms. The third-order valence-electron chi connectivity index (χ3n) is 6.47. The van der Waals surface area contributed by atoms with Gasteiger partial charge < -0.3 is 25.0 Å². The molecule has 39 heavy (non-hydrogen) atoms. The number of para-hydroxylation sites is 1. The summed E-state index contributed by atoms with van der Waals surface area (Å²) in [6.45, 7) is 6.08. The minimum atomic E-state index is -0.694. The number of carbonyl (C=O) groups excluding carboxylic acids is 3. The van der Waals surface area contributed by atoms with Crippen LogP contribution in [0.4, 0.5) is 15.3 Å². The van der Waals surface area contributed by atoms with E-state index in [2.05, 4.69) is 15.4 Å². The lowest BCUT2D eigenvalue weighted by Gasteiger charge is -2.27. The molecule has 1 atom stereocenters. The average Bonchev–Trinajstić information content (AvgIpc) is 3.03. The second-order valence-electron chi connectivity index (χ2n) is 10.5. The van der Waals surface area contributed by atoms with E-state index in [9.17, 15) is 14.4 Å².